The Bertz CT molecular complexity index is 1450. The monoisotopic (exact) mass is 449 g/mol. The smallest absolute Gasteiger partial charge is 0.347 e. The predicted octanol–water partition coefficient (Wildman–Crippen LogP) is 5.17. The summed E-state index contributed by atoms with van der Waals surface area (Å²) in [5, 5.41) is 1.10. The summed E-state index contributed by atoms with van der Waals surface area (Å²) in [4.78, 5) is 18.7. The van der Waals surface area contributed by atoms with Crippen molar-refractivity contribution in [1.82, 2.24) is 14.0 Å². The van der Waals surface area contributed by atoms with E-state index in [1.807, 2.05) is 36.7 Å². The number of thiazole rings is 1. The summed E-state index contributed by atoms with van der Waals surface area (Å²) in [7, 11) is 0. The van der Waals surface area contributed by atoms with Gasteiger partial charge in [-0.15, -0.1) is 11.3 Å². The van der Waals surface area contributed by atoms with E-state index in [4.69, 9.17) is 11.6 Å². The highest BCUT2D eigenvalue weighted by Crippen LogP contribution is 2.29. The average Bonchev–Trinajstić information content (AvgIpc) is 3.37. The van der Waals surface area contributed by atoms with Crippen molar-refractivity contribution in [1.29, 1.82) is 0 Å². The van der Waals surface area contributed by atoms with Crippen LogP contribution in [0.25, 0.3) is 27.7 Å². The quantitative estimate of drug-likeness (QED) is 0.336. The highest BCUT2D eigenvalue weighted by atomic mass is 35.5. The van der Waals surface area contributed by atoms with Crippen LogP contribution in [0.1, 0.15) is 24.6 Å². The van der Waals surface area contributed by atoms with Crippen molar-refractivity contribution >= 4 is 39.5 Å². The maximum Gasteiger partial charge on any atom is 0.350 e. The first kappa shape index (κ1) is 20.0. The van der Waals surface area contributed by atoms with Gasteiger partial charge in [-0.05, 0) is 18.6 Å². The Kier molecular flexibility index (Phi) is 5.34. The van der Waals surface area contributed by atoms with Gasteiger partial charge in [-0.3, -0.25) is 0 Å². The molecule has 5 aromatic rings. The molecule has 0 aliphatic carbocycles. The van der Waals surface area contributed by atoms with Crippen LogP contribution in [0.15, 0.2) is 72.0 Å². The molecule has 0 N–H and O–H groups in total. The fourth-order valence-electron chi connectivity index (χ4n) is 4.06. The molecule has 0 unspecified atom stereocenters. The number of unbranched alkanes of at least 4 members (excludes halogenated alkanes) is 1. The van der Waals surface area contributed by atoms with Crippen LogP contribution in [0.2, 0.25) is 4.47 Å². The summed E-state index contributed by atoms with van der Waals surface area (Å²) in [5.41, 5.74) is 3.61. The molecule has 0 fully saturated rings. The van der Waals surface area contributed by atoms with Gasteiger partial charge < -0.3 is 4.57 Å². The number of nitrogens with zero attached hydrogens (tertiary/aromatic N) is 4. The molecule has 156 valence electrons. The lowest BCUT2D eigenvalue weighted by Gasteiger charge is -2.06. The third-order valence-electron chi connectivity index (χ3n) is 5.55. The molecule has 0 bridgehead atoms. The second-order valence-corrected chi connectivity index (χ2v) is 9.29. The van der Waals surface area contributed by atoms with Gasteiger partial charge in [0.05, 0.1) is 11.1 Å². The fourth-order valence-corrected chi connectivity index (χ4v) is 5.03. The third-order valence-corrected chi connectivity index (χ3v) is 6.65. The molecule has 4 aromatic heterocycles. The van der Waals surface area contributed by atoms with Crippen LogP contribution in [0, 0.1) is 0 Å². The highest BCUT2D eigenvalue weighted by molar-refractivity contribution is 7.15. The van der Waals surface area contributed by atoms with E-state index in [0.717, 1.165) is 46.4 Å². The zero-order chi connectivity index (χ0) is 21.4. The number of para-hydroxylation sites is 1. The van der Waals surface area contributed by atoms with Crippen LogP contribution in [0.3, 0.4) is 0 Å². The van der Waals surface area contributed by atoms with Crippen molar-refractivity contribution in [3.05, 3.63) is 86.9 Å². The minimum Gasteiger partial charge on any atom is -0.347 e. The van der Waals surface area contributed by atoms with E-state index in [9.17, 15) is 4.79 Å². The van der Waals surface area contributed by atoms with Crippen molar-refractivity contribution in [2.24, 2.45) is 0 Å². The number of fused-ring (bicyclic) bond motifs is 2. The van der Waals surface area contributed by atoms with Crippen LogP contribution in [-0.2, 0) is 13.1 Å². The summed E-state index contributed by atoms with van der Waals surface area (Å²) < 4.78 is 6.60. The van der Waals surface area contributed by atoms with Gasteiger partial charge in [0.25, 0.3) is 5.65 Å². The van der Waals surface area contributed by atoms with E-state index in [0.29, 0.717) is 16.6 Å². The maximum atomic E-state index is 13.5. The Labute approximate surface area is 188 Å². The molecule has 0 saturated carbocycles. The first-order valence-electron chi connectivity index (χ1n) is 10.4. The minimum absolute atomic E-state index is 0.0208. The van der Waals surface area contributed by atoms with E-state index in [2.05, 4.69) is 45.4 Å². The van der Waals surface area contributed by atoms with Gasteiger partial charge in [0, 0.05) is 41.5 Å². The molecule has 0 spiro atoms. The Hall–Kier alpha value is -2.96. The van der Waals surface area contributed by atoms with E-state index in [-0.39, 0.29) is 5.56 Å². The minimum atomic E-state index is -0.0208. The Morgan fingerprint density at radius 1 is 1.13 bits per heavy atom. The number of hydrogen-bond donors (Lipinski definition) is 0. The van der Waals surface area contributed by atoms with Crippen molar-refractivity contribution in [3.8, 4) is 11.1 Å². The first-order valence-corrected chi connectivity index (χ1v) is 11.6. The Balaban J connectivity index is 1.74. The largest absolute Gasteiger partial charge is 0.350 e. The van der Waals surface area contributed by atoms with E-state index >= 15 is 0 Å². The summed E-state index contributed by atoms with van der Waals surface area (Å²) in [6.45, 7) is 3.72. The number of pyridine rings is 1. The Morgan fingerprint density at radius 2 is 1.97 bits per heavy atom. The molecule has 7 heteroatoms. The summed E-state index contributed by atoms with van der Waals surface area (Å²) in [6, 6.07) is 14.1. The second kappa shape index (κ2) is 8.29. The van der Waals surface area contributed by atoms with E-state index < -0.39 is 0 Å². The molecule has 0 saturated heterocycles. The molecule has 31 heavy (non-hydrogen) atoms. The number of benzene rings is 1. The fraction of sp³-hybridized carbons (Fsp3) is 0.208. The SMILES string of the molecule is CCCCn1cc(-c2c[n+](Cc3cnc(Cl)s3)c3ccccn3c2=O)c2ccccc21. The molecule has 0 atom stereocenters. The van der Waals surface area contributed by atoms with Gasteiger partial charge in [-0.2, -0.15) is 4.40 Å². The highest BCUT2D eigenvalue weighted by Gasteiger charge is 2.21. The van der Waals surface area contributed by atoms with Gasteiger partial charge in [0.15, 0.2) is 4.47 Å². The van der Waals surface area contributed by atoms with Gasteiger partial charge in [-0.1, -0.05) is 49.2 Å². The molecule has 4 heterocycles. The third kappa shape index (κ3) is 3.66. The standard InChI is InChI=1S/C24H22ClN4OS/c1-2-3-11-27-15-19(18-8-4-5-9-21(18)27)20-16-28(14-17-13-26-24(25)31-17)22-10-6-7-12-29(22)23(20)30/h4-10,12-13,15-16H,2-3,11,14H2,1H3/q+1. The summed E-state index contributed by atoms with van der Waals surface area (Å²) in [5.74, 6) is 0. The lowest BCUT2D eigenvalue weighted by Crippen LogP contribution is -2.40. The zero-order valence-corrected chi connectivity index (χ0v) is 18.7. The average molecular weight is 450 g/mol. The van der Waals surface area contributed by atoms with Gasteiger partial charge in [-0.25, -0.2) is 14.3 Å². The van der Waals surface area contributed by atoms with Gasteiger partial charge in [0.2, 0.25) is 0 Å². The molecule has 5 rings (SSSR count). The van der Waals surface area contributed by atoms with Gasteiger partial charge >= 0.3 is 5.56 Å². The molecule has 1 aromatic carbocycles. The molecule has 0 radical (unpaired) electrons. The topological polar surface area (TPSA) is 43.2 Å². The van der Waals surface area contributed by atoms with Crippen molar-refractivity contribution in [2.75, 3.05) is 0 Å². The molecule has 0 amide bonds. The van der Waals surface area contributed by atoms with Crippen LogP contribution in [0.5, 0.6) is 0 Å². The normalized spacial score (nSPS) is 11.5. The van der Waals surface area contributed by atoms with Gasteiger partial charge in [0.1, 0.15) is 18.3 Å². The number of aromatic nitrogens is 4. The van der Waals surface area contributed by atoms with Crippen molar-refractivity contribution < 1.29 is 4.57 Å². The van der Waals surface area contributed by atoms with Crippen molar-refractivity contribution in [3.63, 3.8) is 0 Å². The van der Waals surface area contributed by atoms with E-state index in [1.54, 1.807) is 10.6 Å². The number of halogens is 1. The maximum absolute atomic E-state index is 13.5. The number of rotatable bonds is 6. The molecular formula is C24H22ClN4OS+. The lowest BCUT2D eigenvalue weighted by molar-refractivity contribution is -0.664. The van der Waals surface area contributed by atoms with Crippen molar-refractivity contribution in [2.45, 2.75) is 32.9 Å². The predicted molar refractivity (Wildman–Crippen MR) is 126 cm³/mol. The molecule has 5 nitrogen and oxygen atoms in total. The molecular weight excluding hydrogens is 428 g/mol. The number of hydrogen-bond acceptors (Lipinski definition) is 3. The second-order valence-electron chi connectivity index (χ2n) is 7.59. The van der Waals surface area contributed by atoms with E-state index in [1.165, 1.54) is 11.3 Å². The zero-order valence-electron chi connectivity index (χ0n) is 17.2. The Morgan fingerprint density at radius 3 is 2.77 bits per heavy atom. The van der Waals surface area contributed by atoms with Crippen LogP contribution in [-0.4, -0.2) is 14.0 Å². The molecule has 0 aliphatic rings. The summed E-state index contributed by atoms with van der Waals surface area (Å²) in [6.07, 6.45) is 9.94. The molecule has 0 aliphatic heterocycles. The first-order chi connectivity index (χ1) is 15.2. The lowest BCUT2D eigenvalue weighted by atomic mass is 10.1. The summed E-state index contributed by atoms with van der Waals surface area (Å²) >= 11 is 7.50. The van der Waals surface area contributed by atoms with Crippen LogP contribution in [0.4, 0.5) is 0 Å². The number of aryl methyl sites for hydroxylation is 1. The van der Waals surface area contributed by atoms with Crippen LogP contribution < -0.4 is 10.1 Å². The van der Waals surface area contributed by atoms with Crippen LogP contribution >= 0.6 is 22.9 Å².